The number of aromatic nitrogens is 6. The third-order valence-electron chi connectivity index (χ3n) is 6.46. The van der Waals surface area contributed by atoms with Gasteiger partial charge < -0.3 is 18.8 Å². The number of imidazole rings is 2. The zero-order valence-electron chi connectivity index (χ0n) is 21.2. The number of hydrogen-bond acceptors (Lipinski definition) is 7. The van der Waals surface area contributed by atoms with Gasteiger partial charge in [-0.1, -0.05) is 6.07 Å². The fourth-order valence-corrected chi connectivity index (χ4v) is 5.41. The van der Waals surface area contributed by atoms with E-state index >= 15 is 0 Å². The standard InChI is InChI=1S/C24H24F5N7O2S/c1-4-39(37)22-18(21-32-16-12-14(13-30-19(16)34(21)2)23(25,26)24(27,28)29)33-20(35(22)3)15-6-5-7-17(31-15)36-8-10-38-11-9-36/h5-7,12-13H,4,8-11H2,1-3H3. The smallest absolute Gasteiger partial charge is 0.458 e. The summed E-state index contributed by atoms with van der Waals surface area (Å²) in [4.78, 5) is 19.7. The van der Waals surface area contributed by atoms with Crippen molar-refractivity contribution in [3.05, 3.63) is 36.0 Å². The first kappa shape index (κ1) is 27.3. The van der Waals surface area contributed by atoms with Crippen LogP contribution in [0.4, 0.5) is 27.8 Å². The van der Waals surface area contributed by atoms with Crippen molar-refractivity contribution >= 4 is 28.2 Å². The fraction of sp³-hybridized carbons (Fsp3) is 0.417. The second kappa shape index (κ2) is 10.0. The minimum Gasteiger partial charge on any atom is -0.610 e. The molecule has 0 aromatic carbocycles. The molecule has 0 saturated carbocycles. The van der Waals surface area contributed by atoms with Crippen molar-refractivity contribution in [2.24, 2.45) is 14.1 Å². The molecule has 4 aromatic heterocycles. The molecule has 1 fully saturated rings. The van der Waals surface area contributed by atoms with Crippen molar-refractivity contribution in [3.8, 4) is 23.0 Å². The number of anilines is 1. The van der Waals surface area contributed by atoms with Crippen molar-refractivity contribution in [3.63, 3.8) is 0 Å². The number of hydrogen-bond donors (Lipinski definition) is 0. The van der Waals surface area contributed by atoms with E-state index in [9.17, 15) is 26.5 Å². The molecule has 15 heteroatoms. The number of aryl methyl sites for hydroxylation is 1. The third-order valence-corrected chi connectivity index (χ3v) is 7.88. The maximum Gasteiger partial charge on any atom is 0.458 e. The fourth-order valence-electron chi connectivity index (χ4n) is 4.40. The van der Waals surface area contributed by atoms with Crippen LogP contribution in [0.3, 0.4) is 0 Å². The van der Waals surface area contributed by atoms with Crippen LogP contribution < -0.4 is 4.90 Å². The Morgan fingerprint density at radius 3 is 2.38 bits per heavy atom. The van der Waals surface area contributed by atoms with E-state index in [1.807, 2.05) is 12.1 Å². The van der Waals surface area contributed by atoms with Gasteiger partial charge >= 0.3 is 12.1 Å². The van der Waals surface area contributed by atoms with Crippen molar-refractivity contribution < 1.29 is 31.2 Å². The molecule has 5 heterocycles. The summed E-state index contributed by atoms with van der Waals surface area (Å²) in [5.74, 6) is -3.62. The van der Waals surface area contributed by atoms with Gasteiger partial charge in [0.25, 0.3) is 5.03 Å². The molecular formula is C24H24F5N7O2S. The molecule has 5 rings (SSSR count). The average molecular weight is 570 g/mol. The Hall–Kier alpha value is -3.30. The lowest BCUT2D eigenvalue weighted by molar-refractivity contribution is -0.289. The van der Waals surface area contributed by atoms with Gasteiger partial charge in [0.05, 0.1) is 18.8 Å². The highest BCUT2D eigenvalue weighted by Gasteiger charge is 2.59. The molecule has 1 aliphatic heterocycles. The highest BCUT2D eigenvalue weighted by molar-refractivity contribution is 7.91. The van der Waals surface area contributed by atoms with Crippen LogP contribution in [0.25, 0.3) is 34.2 Å². The largest absolute Gasteiger partial charge is 0.610 e. The molecular weight excluding hydrogens is 545 g/mol. The third kappa shape index (κ3) is 4.72. The number of fused-ring (bicyclic) bond motifs is 1. The van der Waals surface area contributed by atoms with Crippen LogP contribution in [0.2, 0.25) is 0 Å². The minimum atomic E-state index is -5.79. The molecule has 4 aromatic rings. The maximum atomic E-state index is 14.0. The topological polar surface area (TPSA) is 96.9 Å². The van der Waals surface area contributed by atoms with Crippen LogP contribution in [0.15, 0.2) is 35.5 Å². The Balaban J connectivity index is 1.63. The summed E-state index contributed by atoms with van der Waals surface area (Å²) in [6.45, 7) is 4.24. The molecule has 1 atom stereocenters. The van der Waals surface area contributed by atoms with Gasteiger partial charge in [0.1, 0.15) is 22.8 Å². The van der Waals surface area contributed by atoms with Gasteiger partial charge in [-0.3, -0.25) is 4.57 Å². The Kier molecular flexibility index (Phi) is 7.01. The maximum absolute atomic E-state index is 14.0. The van der Waals surface area contributed by atoms with Crippen molar-refractivity contribution in [2.75, 3.05) is 37.0 Å². The Labute approximate surface area is 222 Å². The van der Waals surface area contributed by atoms with E-state index in [-0.39, 0.29) is 28.4 Å². The van der Waals surface area contributed by atoms with Crippen LogP contribution in [-0.2, 0) is 35.9 Å². The number of halogens is 5. The first-order chi connectivity index (χ1) is 18.4. The Morgan fingerprint density at radius 2 is 1.72 bits per heavy atom. The first-order valence-corrected chi connectivity index (χ1v) is 13.3. The minimum absolute atomic E-state index is 0.0691. The lowest BCUT2D eigenvalue weighted by Gasteiger charge is -2.27. The van der Waals surface area contributed by atoms with Gasteiger partial charge in [0, 0.05) is 44.6 Å². The van der Waals surface area contributed by atoms with Crippen LogP contribution in [-0.4, -0.2) is 71.9 Å². The van der Waals surface area contributed by atoms with Crippen molar-refractivity contribution in [1.82, 2.24) is 29.1 Å². The summed E-state index contributed by atoms with van der Waals surface area (Å²) in [6, 6.07) is 6.12. The Bertz CT molecular complexity index is 1510. The zero-order chi connectivity index (χ0) is 28.1. The van der Waals surface area contributed by atoms with E-state index in [1.54, 1.807) is 24.6 Å². The molecule has 0 bridgehead atoms. The summed E-state index contributed by atoms with van der Waals surface area (Å²) in [6.07, 6.45) is -5.30. The molecule has 0 aliphatic carbocycles. The van der Waals surface area contributed by atoms with Gasteiger partial charge in [-0.05, 0) is 25.1 Å². The van der Waals surface area contributed by atoms with Crippen LogP contribution in [0.5, 0.6) is 0 Å². The molecule has 1 aliphatic rings. The van der Waals surface area contributed by atoms with Gasteiger partial charge in [0.2, 0.25) is 0 Å². The van der Waals surface area contributed by atoms with Crippen molar-refractivity contribution in [1.29, 1.82) is 0 Å². The predicted octanol–water partition coefficient (Wildman–Crippen LogP) is 4.05. The number of alkyl halides is 5. The molecule has 1 saturated heterocycles. The predicted molar refractivity (Wildman–Crippen MR) is 134 cm³/mol. The zero-order valence-corrected chi connectivity index (χ0v) is 22.0. The number of pyridine rings is 2. The second-order valence-electron chi connectivity index (χ2n) is 8.90. The number of morpholine rings is 1. The van der Waals surface area contributed by atoms with Crippen LogP contribution >= 0.6 is 0 Å². The molecule has 0 amide bonds. The molecule has 9 nitrogen and oxygen atoms in total. The summed E-state index contributed by atoms with van der Waals surface area (Å²) < 4.78 is 88.4. The van der Waals surface area contributed by atoms with E-state index in [2.05, 4.69) is 14.9 Å². The highest BCUT2D eigenvalue weighted by atomic mass is 32.2. The van der Waals surface area contributed by atoms with Gasteiger partial charge in [-0.15, -0.1) is 0 Å². The number of nitrogens with zero attached hydrogens (tertiary/aromatic N) is 7. The quantitative estimate of drug-likeness (QED) is 0.255. The monoisotopic (exact) mass is 569 g/mol. The molecule has 39 heavy (non-hydrogen) atoms. The number of ether oxygens (including phenoxy) is 1. The highest BCUT2D eigenvalue weighted by Crippen LogP contribution is 2.44. The second-order valence-corrected chi connectivity index (χ2v) is 10.6. The van der Waals surface area contributed by atoms with E-state index in [0.717, 1.165) is 5.82 Å². The van der Waals surface area contributed by atoms with Crippen molar-refractivity contribution in [2.45, 2.75) is 24.0 Å². The molecule has 208 valence electrons. The lowest BCUT2D eigenvalue weighted by Crippen LogP contribution is -2.36. The molecule has 0 radical (unpaired) electrons. The van der Waals surface area contributed by atoms with Gasteiger partial charge in [0.15, 0.2) is 23.0 Å². The number of rotatable bonds is 6. The average Bonchev–Trinajstić information content (AvgIpc) is 3.44. The normalized spacial score (nSPS) is 15.8. The molecule has 0 spiro atoms. The van der Waals surface area contributed by atoms with E-state index in [0.29, 0.717) is 55.1 Å². The van der Waals surface area contributed by atoms with Gasteiger partial charge in [-0.25, -0.2) is 19.9 Å². The van der Waals surface area contributed by atoms with E-state index in [4.69, 9.17) is 14.7 Å². The SMILES string of the molecule is CC[S+]([O-])c1c(-c2nc3cc(C(F)(F)C(F)(F)F)cnc3n2C)nc(-c2cccc(N3CCOCC3)n2)n1C. The van der Waals surface area contributed by atoms with E-state index < -0.39 is 28.8 Å². The first-order valence-electron chi connectivity index (χ1n) is 12.0. The summed E-state index contributed by atoms with van der Waals surface area (Å²) >= 11 is -1.53. The van der Waals surface area contributed by atoms with E-state index in [1.165, 1.54) is 11.6 Å². The van der Waals surface area contributed by atoms with Crippen LogP contribution in [0, 0.1) is 0 Å². The summed E-state index contributed by atoms with van der Waals surface area (Å²) in [5.41, 5.74) is -0.737. The molecule has 1 unspecified atom stereocenters. The summed E-state index contributed by atoms with van der Waals surface area (Å²) in [5, 5.41) is 0.310. The molecule has 0 N–H and O–H groups in total. The van der Waals surface area contributed by atoms with Gasteiger partial charge in [-0.2, -0.15) is 22.0 Å². The lowest BCUT2D eigenvalue weighted by atomic mass is 10.1. The summed E-state index contributed by atoms with van der Waals surface area (Å²) in [7, 11) is 3.21. The Morgan fingerprint density at radius 1 is 1.00 bits per heavy atom. The van der Waals surface area contributed by atoms with Crippen LogP contribution in [0.1, 0.15) is 12.5 Å².